The number of benzene rings is 3. The minimum absolute atomic E-state index is 0.00308. The van der Waals surface area contributed by atoms with Crippen molar-refractivity contribution in [1.82, 2.24) is 0 Å². The highest BCUT2D eigenvalue weighted by molar-refractivity contribution is 9.09. The van der Waals surface area contributed by atoms with E-state index in [9.17, 15) is 4.79 Å². The summed E-state index contributed by atoms with van der Waals surface area (Å²) < 4.78 is 12.6. The Morgan fingerprint density at radius 2 is 1.36 bits per heavy atom. The Hall–Kier alpha value is -2.59. The van der Waals surface area contributed by atoms with Crippen LogP contribution in [0.4, 0.5) is 0 Å². The van der Waals surface area contributed by atoms with Crippen LogP contribution in [0.3, 0.4) is 0 Å². The number of halogens is 1. The molecule has 0 fully saturated rings. The molecule has 0 aromatic heterocycles. The van der Waals surface area contributed by atoms with Gasteiger partial charge in [-0.25, -0.2) is 0 Å². The molecule has 25 heavy (non-hydrogen) atoms. The molecule has 0 N–H and O–H groups in total. The summed E-state index contributed by atoms with van der Waals surface area (Å²) in [5.74, 6) is 0.141. The SMILES string of the molecule is O=C(CBr)c1ccc2c(c1)OC(c1ccccc1)(c1ccccc1)O2. The van der Waals surface area contributed by atoms with Crippen LogP contribution < -0.4 is 9.47 Å². The minimum atomic E-state index is -1.05. The van der Waals surface area contributed by atoms with Gasteiger partial charge in [0.25, 0.3) is 0 Å². The number of hydrogen-bond acceptors (Lipinski definition) is 3. The molecule has 1 aliphatic heterocycles. The van der Waals surface area contributed by atoms with Crippen LogP contribution in [0.5, 0.6) is 11.5 Å². The Morgan fingerprint density at radius 3 is 1.92 bits per heavy atom. The third kappa shape index (κ3) is 2.72. The fourth-order valence-electron chi connectivity index (χ4n) is 2.97. The van der Waals surface area contributed by atoms with Crippen LogP contribution in [0.2, 0.25) is 0 Å². The summed E-state index contributed by atoms with van der Waals surface area (Å²) in [4.78, 5) is 12.0. The molecular formula is C21H15BrO3. The van der Waals surface area contributed by atoms with E-state index < -0.39 is 5.79 Å². The molecule has 0 spiro atoms. The van der Waals surface area contributed by atoms with Gasteiger partial charge < -0.3 is 9.47 Å². The minimum Gasteiger partial charge on any atom is -0.440 e. The Kier molecular flexibility index (Phi) is 4.06. The van der Waals surface area contributed by atoms with Crippen molar-refractivity contribution in [2.75, 3.05) is 5.33 Å². The van der Waals surface area contributed by atoms with Crippen LogP contribution in [0.15, 0.2) is 78.9 Å². The molecular weight excluding hydrogens is 380 g/mol. The number of rotatable bonds is 4. The van der Waals surface area contributed by atoms with Gasteiger partial charge >= 0.3 is 5.79 Å². The van der Waals surface area contributed by atoms with E-state index in [4.69, 9.17) is 9.47 Å². The van der Waals surface area contributed by atoms with Crippen LogP contribution in [0, 0.1) is 0 Å². The maximum atomic E-state index is 12.0. The molecule has 124 valence electrons. The van der Waals surface area contributed by atoms with Gasteiger partial charge in [-0.3, -0.25) is 4.79 Å². The summed E-state index contributed by atoms with van der Waals surface area (Å²) in [6, 6.07) is 24.9. The van der Waals surface area contributed by atoms with E-state index in [1.54, 1.807) is 18.2 Å². The third-order valence-electron chi connectivity index (χ3n) is 4.20. The molecule has 0 saturated heterocycles. The average Bonchev–Trinajstić information content (AvgIpc) is 3.08. The first-order valence-electron chi connectivity index (χ1n) is 7.95. The van der Waals surface area contributed by atoms with Crippen molar-refractivity contribution in [3.8, 4) is 11.5 Å². The van der Waals surface area contributed by atoms with Crippen molar-refractivity contribution in [2.24, 2.45) is 0 Å². The Morgan fingerprint density at radius 1 is 0.800 bits per heavy atom. The van der Waals surface area contributed by atoms with E-state index in [2.05, 4.69) is 15.9 Å². The van der Waals surface area contributed by atoms with E-state index >= 15 is 0 Å². The van der Waals surface area contributed by atoms with E-state index in [0.717, 1.165) is 11.1 Å². The zero-order valence-electron chi connectivity index (χ0n) is 13.3. The molecule has 4 rings (SSSR count). The lowest BCUT2D eigenvalue weighted by molar-refractivity contribution is -0.0459. The molecule has 1 heterocycles. The van der Waals surface area contributed by atoms with E-state index in [1.165, 1.54) is 0 Å². The second-order valence-corrected chi connectivity index (χ2v) is 6.33. The lowest BCUT2D eigenvalue weighted by Gasteiger charge is -2.28. The number of ketones is 1. The summed E-state index contributed by atoms with van der Waals surface area (Å²) in [6.07, 6.45) is 0. The molecule has 0 bridgehead atoms. The van der Waals surface area contributed by atoms with Crippen LogP contribution in [-0.2, 0) is 5.79 Å². The summed E-state index contributed by atoms with van der Waals surface area (Å²) in [5, 5.41) is 0.273. The zero-order chi connectivity index (χ0) is 17.3. The number of Topliss-reactive ketones (excluding diaryl/α,β-unsaturated/α-hetero) is 1. The second kappa shape index (κ2) is 6.37. The van der Waals surface area contributed by atoms with Crippen molar-refractivity contribution in [1.29, 1.82) is 0 Å². The monoisotopic (exact) mass is 394 g/mol. The summed E-state index contributed by atoms with van der Waals surface area (Å²) in [7, 11) is 0. The van der Waals surface area contributed by atoms with Gasteiger partial charge in [0.15, 0.2) is 17.3 Å². The standard InChI is InChI=1S/C21H15BrO3/c22-14-18(23)15-11-12-19-20(13-15)25-21(24-19,16-7-3-1-4-8-16)17-9-5-2-6-10-17/h1-13H,14H2. The predicted molar refractivity (Wildman–Crippen MR) is 99.5 cm³/mol. The first kappa shape index (κ1) is 15.9. The fraction of sp³-hybridized carbons (Fsp3) is 0.0952. The third-order valence-corrected chi connectivity index (χ3v) is 4.71. The Bertz CT molecular complexity index is 867. The number of ether oxygens (including phenoxy) is 2. The molecule has 0 amide bonds. The van der Waals surface area contributed by atoms with E-state index in [-0.39, 0.29) is 11.1 Å². The molecule has 0 saturated carbocycles. The number of fused-ring (bicyclic) bond motifs is 1. The van der Waals surface area contributed by atoms with Gasteiger partial charge in [0.2, 0.25) is 0 Å². The van der Waals surface area contributed by atoms with Gasteiger partial charge in [0, 0.05) is 16.7 Å². The lowest BCUT2D eigenvalue weighted by Crippen LogP contribution is -2.36. The van der Waals surface area contributed by atoms with Gasteiger partial charge in [-0.1, -0.05) is 76.6 Å². The van der Waals surface area contributed by atoms with Gasteiger partial charge in [-0.15, -0.1) is 0 Å². The van der Waals surface area contributed by atoms with Crippen LogP contribution in [-0.4, -0.2) is 11.1 Å². The highest BCUT2D eigenvalue weighted by Crippen LogP contribution is 2.47. The van der Waals surface area contributed by atoms with Gasteiger partial charge in [-0.2, -0.15) is 0 Å². The molecule has 0 radical (unpaired) electrons. The predicted octanol–water partition coefficient (Wildman–Crippen LogP) is 4.94. The number of carbonyl (C=O) groups excluding carboxylic acids is 1. The quantitative estimate of drug-likeness (QED) is 0.464. The molecule has 3 aromatic rings. The first-order valence-corrected chi connectivity index (χ1v) is 9.07. The van der Waals surface area contributed by atoms with E-state index in [0.29, 0.717) is 17.1 Å². The van der Waals surface area contributed by atoms with Crippen LogP contribution in [0.25, 0.3) is 0 Å². The van der Waals surface area contributed by atoms with Crippen LogP contribution in [0.1, 0.15) is 21.5 Å². The summed E-state index contributed by atoms with van der Waals surface area (Å²) >= 11 is 3.21. The van der Waals surface area contributed by atoms with Crippen molar-refractivity contribution in [3.63, 3.8) is 0 Å². The highest BCUT2D eigenvalue weighted by atomic mass is 79.9. The van der Waals surface area contributed by atoms with Crippen molar-refractivity contribution < 1.29 is 14.3 Å². The molecule has 3 nitrogen and oxygen atoms in total. The smallest absolute Gasteiger partial charge is 0.305 e. The maximum Gasteiger partial charge on any atom is 0.305 e. The molecule has 3 aromatic carbocycles. The summed E-state index contributed by atoms with van der Waals surface area (Å²) in [5.41, 5.74) is 2.38. The van der Waals surface area contributed by atoms with Crippen molar-refractivity contribution in [3.05, 3.63) is 95.6 Å². The number of alkyl halides is 1. The topological polar surface area (TPSA) is 35.5 Å². The Balaban J connectivity index is 1.83. The zero-order valence-corrected chi connectivity index (χ0v) is 14.9. The maximum absolute atomic E-state index is 12.0. The largest absolute Gasteiger partial charge is 0.440 e. The number of carbonyl (C=O) groups is 1. The molecule has 1 aliphatic rings. The lowest BCUT2D eigenvalue weighted by atomic mass is 9.97. The molecule has 0 unspecified atom stereocenters. The fourth-order valence-corrected chi connectivity index (χ4v) is 3.29. The van der Waals surface area contributed by atoms with Crippen LogP contribution >= 0.6 is 15.9 Å². The van der Waals surface area contributed by atoms with Gasteiger partial charge in [-0.05, 0) is 18.2 Å². The first-order chi connectivity index (χ1) is 12.2. The average molecular weight is 395 g/mol. The Labute approximate surface area is 154 Å². The molecule has 0 aliphatic carbocycles. The highest BCUT2D eigenvalue weighted by Gasteiger charge is 2.45. The molecule has 0 atom stereocenters. The van der Waals surface area contributed by atoms with Gasteiger partial charge in [0.05, 0.1) is 5.33 Å². The normalized spacial score (nSPS) is 14.3. The molecule has 4 heteroatoms. The van der Waals surface area contributed by atoms with Crippen molar-refractivity contribution in [2.45, 2.75) is 5.79 Å². The summed E-state index contributed by atoms with van der Waals surface area (Å²) in [6.45, 7) is 0. The van der Waals surface area contributed by atoms with Crippen molar-refractivity contribution >= 4 is 21.7 Å². The number of hydrogen-bond donors (Lipinski definition) is 0. The van der Waals surface area contributed by atoms with Gasteiger partial charge in [0.1, 0.15) is 0 Å². The van der Waals surface area contributed by atoms with E-state index in [1.807, 2.05) is 60.7 Å². The second-order valence-electron chi connectivity index (χ2n) is 5.77.